The van der Waals surface area contributed by atoms with Crippen molar-refractivity contribution in [1.29, 1.82) is 0 Å². The molecule has 10 nitrogen and oxygen atoms in total. The number of phosphoric acid groups is 1. The number of rotatable bonds is 19. The molecular formula is C26H37INO9P. The van der Waals surface area contributed by atoms with Crippen LogP contribution in [0.1, 0.15) is 26.2 Å². The van der Waals surface area contributed by atoms with Gasteiger partial charge in [-0.15, -0.1) is 13.2 Å². The normalized spacial score (nSPS) is 21.0. The Hall–Kier alpha value is -1.86. The average Bonchev–Trinajstić information content (AvgIpc) is 2.89. The van der Waals surface area contributed by atoms with Gasteiger partial charge in [-0.3, -0.25) is 18.4 Å². The van der Waals surface area contributed by atoms with Crippen molar-refractivity contribution in [3.8, 4) is 0 Å². The van der Waals surface area contributed by atoms with Gasteiger partial charge in [0.25, 0.3) is 0 Å². The second kappa shape index (κ2) is 17.7. The molecule has 0 spiro atoms. The number of amides is 1. The SMILES string of the molecule is C=CCOP(=O)(OCC=C)O[C@H](C[C@@H](O)/C=C\I)[C@](O)(/C=C/[C@@H]1OC(=O)C=C[C@@H]1CC)CCNC(=O)C=C. The predicted octanol–water partition coefficient (Wildman–Crippen LogP) is 4.07. The highest BCUT2D eigenvalue weighted by Gasteiger charge is 2.43. The lowest BCUT2D eigenvalue weighted by Gasteiger charge is -2.36. The third-order valence-electron chi connectivity index (χ3n) is 5.48. The number of phosphoric ester groups is 1. The summed E-state index contributed by atoms with van der Waals surface area (Å²) in [5, 5.41) is 25.0. The highest BCUT2D eigenvalue weighted by molar-refractivity contribution is 14.1. The van der Waals surface area contributed by atoms with Crippen LogP contribution in [0.25, 0.3) is 0 Å². The van der Waals surface area contributed by atoms with Gasteiger partial charge in [-0.25, -0.2) is 9.36 Å². The monoisotopic (exact) mass is 665 g/mol. The fourth-order valence-corrected chi connectivity index (χ4v) is 5.29. The second-order valence-corrected chi connectivity index (χ2v) is 10.6. The Labute approximate surface area is 237 Å². The molecule has 1 aliphatic rings. The Morgan fingerprint density at radius 1 is 1.32 bits per heavy atom. The van der Waals surface area contributed by atoms with Crippen LogP contribution in [0.4, 0.5) is 0 Å². The van der Waals surface area contributed by atoms with Gasteiger partial charge in [0.15, 0.2) is 0 Å². The van der Waals surface area contributed by atoms with E-state index in [0.29, 0.717) is 6.42 Å². The highest BCUT2D eigenvalue weighted by atomic mass is 127. The van der Waals surface area contributed by atoms with E-state index < -0.39 is 43.6 Å². The van der Waals surface area contributed by atoms with Crippen molar-refractivity contribution >= 4 is 42.3 Å². The number of aliphatic hydroxyl groups is 2. The number of halogens is 1. The fraction of sp³-hybridized carbons (Fsp3) is 0.462. The molecule has 212 valence electrons. The van der Waals surface area contributed by atoms with Crippen LogP contribution in [0.15, 0.2) is 72.4 Å². The van der Waals surface area contributed by atoms with Gasteiger partial charge in [-0.2, -0.15) is 0 Å². The van der Waals surface area contributed by atoms with Crippen molar-refractivity contribution in [2.24, 2.45) is 5.92 Å². The van der Waals surface area contributed by atoms with Crippen LogP contribution in [0.3, 0.4) is 0 Å². The summed E-state index contributed by atoms with van der Waals surface area (Å²) in [6, 6.07) is 0. The second-order valence-electron chi connectivity index (χ2n) is 8.26. The van der Waals surface area contributed by atoms with Gasteiger partial charge < -0.3 is 20.3 Å². The third-order valence-corrected chi connectivity index (χ3v) is 7.33. The quantitative estimate of drug-likeness (QED) is 0.0613. The molecule has 1 aliphatic heterocycles. The first kappa shape index (κ1) is 34.2. The molecule has 0 aromatic heterocycles. The molecule has 5 atom stereocenters. The maximum Gasteiger partial charge on any atom is 0.475 e. The molecule has 0 fully saturated rings. The zero-order chi connectivity index (χ0) is 28.6. The van der Waals surface area contributed by atoms with Crippen LogP contribution in [0.5, 0.6) is 0 Å². The van der Waals surface area contributed by atoms with E-state index in [1.54, 1.807) is 10.2 Å². The van der Waals surface area contributed by atoms with E-state index in [1.807, 2.05) is 29.5 Å². The minimum absolute atomic E-state index is 0.0311. The van der Waals surface area contributed by atoms with Gasteiger partial charge in [-0.1, -0.05) is 66.5 Å². The molecule has 0 aromatic carbocycles. The number of nitrogens with one attached hydrogen (secondary N) is 1. The molecule has 1 heterocycles. The van der Waals surface area contributed by atoms with Crippen molar-refractivity contribution in [3.05, 3.63) is 72.4 Å². The molecule has 1 rings (SSSR count). The Morgan fingerprint density at radius 3 is 2.53 bits per heavy atom. The third kappa shape index (κ3) is 11.9. The van der Waals surface area contributed by atoms with E-state index in [1.165, 1.54) is 36.5 Å². The number of aliphatic hydroxyl groups excluding tert-OH is 1. The minimum atomic E-state index is -4.29. The first-order chi connectivity index (χ1) is 18.1. The lowest BCUT2D eigenvalue weighted by molar-refractivity contribution is -0.143. The zero-order valence-electron chi connectivity index (χ0n) is 21.4. The Balaban J connectivity index is 3.49. The molecule has 12 heteroatoms. The smallest absolute Gasteiger partial charge is 0.454 e. The summed E-state index contributed by atoms with van der Waals surface area (Å²) in [6.45, 7) is 12.0. The van der Waals surface area contributed by atoms with Crippen molar-refractivity contribution in [2.75, 3.05) is 19.8 Å². The number of esters is 1. The van der Waals surface area contributed by atoms with E-state index in [-0.39, 0.29) is 38.5 Å². The number of ether oxygens (including phenoxy) is 1. The molecule has 0 unspecified atom stereocenters. The van der Waals surface area contributed by atoms with E-state index >= 15 is 0 Å². The van der Waals surface area contributed by atoms with Gasteiger partial charge in [0.2, 0.25) is 5.91 Å². The van der Waals surface area contributed by atoms with Gasteiger partial charge >= 0.3 is 13.8 Å². The van der Waals surface area contributed by atoms with E-state index in [2.05, 4.69) is 25.1 Å². The zero-order valence-corrected chi connectivity index (χ0v) is 24.5. The average molecular weight is 665 g/mol. The molecule has 0 saturated carbocycles. The fourth-order valence-electron chi connectivity index (χ4n) is 3.46. The largest absolute Gasteiger partial charge is 0.475 e. The van der Waals surface area contributed by atoms with Crippen LogP contribution in [-0.4, -0.2) is 65.8 Å². The highest BCUT2D eigenvalue weighted by Crippen LogP contribution is 2.52. The van der Waals surface area contributed by atoms with E-state index in [4.69, 9.17) is 18.3 Å². The lowest BCUT2D eigenvalue weighted by Crippen LogP contribution is -2.46. The Kier molecular flexibility index (Phi) is 15.9. The van der Waals surface area contributed by atoms with Gasteiger partial charge in [-0.05, 0) is 29.1 Å². The Morgan fingerprint density at radius 2 is 1.97 bits per heavy atom. The summed E-state index contributed by atoms with van der Waals surface area (Å²) in [5.41, 5.74) is -1.94. The summed E-state index contributed by atoms with van der Waals surface area (Å²) in [7, 11) is -4.29. The lowest BCUT2D eigenvalue weighted by atomic mass is 9.86. The first-order valence-electron chi connectivity index (χ1n) is 12.0. The summed E-state index contributed by atoms with van der Waals surface area (Å²) < 4.78 is 36.8. The van der Waals surface area contributed by atoms with Gasteiger partial charge in [0.1, 0.15) is 17.8 Å². The van der Waals surface area contributed by atoms with Crippen LogP contribution in [0, 0.1) is 5.92 Å². The number of cyclic esters (lactones) is 1. The van der Waals surface area contributed by atoms with Crippen molar-refractivity contribution in [2.45, 2.75) is 50.1 Å². The number of carbonyl (C=O) groups is 2. The summed E-state index contributed by atoms with van der Waals surface area (Å²) in [5.74, 6) is -1.13. The van der Waals surface area contributed by atoms with Gasteiger partial charge in [0, 0.05) is 25.0 Å². The number of carbonyl (C=O) groups excluding carboxylic acids is 2. The molecular weight excluding hydrogens is 628 g/mol. The number of hydrogen-bond donors (Lipinski definition) is 3. The van der Waals surface area contributed by atoms with Crippen LogP contribution in [-0.2, 0) is 32.5 Å². The van der Waals surface area contributed by atoms with E-state index in [0.717, 1.165) is 6.08 Å². The summed E-state index contributed by atoms with van der Waals surface area (Å²) in [6.07, 6.45) is 8.34. The number of hydrogen-bond acceptors (Lipinski definition) is 9. The molecule has 3 N–H and O–H groups in total. The molecule has 38 heavy (non-hydrogen) atoms. The van der Waals surface area contributed by atoms with Crippen molar-refractivity contribution < 1.29 is 42.7 Å². The van der Waals surface area contributed by atoms with Crippen LogP contribution >= 0.6 is 30.4 Å². The topological polar surface area (TPSA) is 141 Å². The standard InChI is InChI=1S/C26H37INO9P/c1-5-17-34-38(33,35-18-6-2)37-23(19-21(29)12-15-27)26(32,14-16-28-24(30)8-4)13-11-22-20(7-3)9-10-25(31)36-22/h5-6,8-13,15,20-23,29,32H,1-2,4,7,14,16-19H2,3H3,(H,28,30)/b13-11+,15-12-/t20-,21-,22-,23+,26-/m0/s1. The minimum Gasteiger partial charge on any atom is -0.454 e. The van der Waals surface area contributed by atoms with Crippen molar-refractivity contribution in [1.82, 2.24) is 5.32 Å². The molecule has 0 radical (unpaired) electrons. The van der Waals surface area contributed by atoms with E-state index in [9.17, 15) is 24.4 Å². The molecule has 0 bridgehead atoms. The summed E-state index contributed by atoms with van der Waals surface area (Å²) in [4.78, 5) is 23.6. The molecule has 0 aliphatic carbocycles. The summed E-state index contributed by atoms with van der Waals surface area (Å²) >= 11 is 1.93. The predicted molar refractivity (Wildman–Crippen MR) is 153 cm³/mol. The maximum atomic E-state index is 13.4. The first-order valence-corrected chi connectivity index (χ1v) is 14.7. The van der Waals surface area contributed by atoms with Crippen LogP contribution < -0.4 is 5.32 Å². The molecule has 0 aromatic rings. The molecule has 0 saturated heterocycles. The van der Waals surface area contributed by atoms with Crippen LogP contribution in [0.2, 0.25) is 0 Å². The van der Waals surface area contributed by atoms with Gasteiger partial charge in [0.05, 0.1) is 19.3 Å². The maximum absolute atomic E-state index is 13.4. The molecule has 1 amide bonds. The Bertz CT molecular complexity index is 935. The van der Waals surface area contributed by atoms with Crippen molar-refractivity contribution in [3.63, 3.8) is 0 Å².